The number of benzene rings is 1. The smallest absolute Gasteiger partial charge is 0.407 e. The van der Waals surface area contributed by atoms with Crippen LogP contribution in [-0.2, 0) is 11.2 Å². The Balaban J connectivity index is 2.82. The van der Waals surface area contributed by atoms with Gasteiger partial charge in [0.25, 0.3) is 0 Å². The lowest BCUT2D eigenvalue weighted by molar-refractivity contribution is 0.0490. The van der Waals surface area contributed by atoms with Crippen LogP contribution in [-0.4, -0.2) is 22.8 Å². The topological polar surface area (TPSA) is 58.6 Å². The summed E-state index contributed by atoms with van der Waals surface area (Å²) in [6.45, 7) is 14.4. The summed E-state index contributed by atoms with van der Waals surface area (Å²) in [6.07, 6.45) is 1.19. The predicted octanol–water partition coefficient (Wildman–Crippen LogP) is 4.90. The molecule has 0 aromatic heterocycles. The molecule has 1 aromatic rings. The molecule has 24 heavy (non-hydrogen) atoms. The molecule has 1 amide bonds. The number of phenolic OH excluding ortho intramolecular Hbond substituents is 1. The van der Waals surface area contributed by atoms with Gasteiger partial charge in [-0.3, -0.25) is 0 Å². The average molecular weight is 335 g/mol. The highest BCUT2D eigenvalue weighted by molar-refractivity contribution is 5.68. The first kappa shape index (κ1) is 20.3. The molecule has 0 saturated carbocycles. The van der Waals surface area contributed by atoms with Crippen molar-refractivity contribution in [1.29, 1.82) is 0 Å². The molecular formula is C20H33NO3. The Morgan fingerprint density at radius 2 is 1.67 bits per heavy atom. The van der Waals surface area contributed by atoms with Crippen LogP contribution in [0, 0.1) is 11.3 Å². The van der Waals surface area contributed by atoms with E-state index in [9.17, 15) is 9.90 Å². The molecule has 0 bridgehead atoms. The summed E-state index contributed by atoms with van der Waals surface area (Å²) in [5.41, 5.74) is 0.737. The van der Waals surface area contributed by atoms with Gasteiger partial charge in [-0.2, -0.15) is 0 Å². The predicted molar refractivity (Wildman–Crippen MR) is 98.2 cm³/mol. The van der Waals surface area contributed by atoms with Crippen LogP contribution in [0.15, 0.2) is 24.3 Å². The Bertz CT molecular complexity index is 523. The first-order chi connectivity index (χ1) is 10.9. The number of amides is 1. The van der Waals surface area contributed by atoms with Crippen molar-refractivity contribution >= 4 is 6.09 Å². The lowest BCUT2D eigenvalue weighted by Crippen LogP contribution is -2.42. The molecule has 0 aliphatic carbocycles. The second kappa shape index (κ2) is 7.91. The van der Waals surface area contributed by atoms with Gasteiger partial charge in [0, 0.05) is 6.04 Å². The van der Waals surface area contributed by atoms with Crippen LogP contribution in [0.4, 0.5) is 4.79 Å². The van der Waals surface area contributed by atoms with E-state index in [1.54, 1.807) is 12.1 Å². The first-order valence-corrected chi connectivity index (χ1v) is 8.64. The summed E-state index contributed by atoms with van der Waals surface area (Å²) < 4.78 is 5.40. The minimum absolute atomic E-state index is 0.0152. The van der Waals surface area contributed by atoms with Gasteiger partial charge in [-0.25, -0.2) is 4.79 Å². The van der Waals surface area contributed by atoms with E-state index in [-0.39, 0.29) is 23.3 Å². The number of carbonyl (C=O) groups excluding carboxylic acids is 1. The number of carbonyl (C=O) groups is 1. The molecule has 4 heteroatoms. The third-order valence-corrected chi connectivity index (χ3v) is 4.26. The van der Waals surface area contributed by atoms with Crippen LogP contribution in [0.25, 0.3) is 0 Å². The number of rotatable bonds is 5. The number of phenols is 1. The largest absolute Gasteiger partial charge is 0.508 e. The zero-order chi connectivity index (χ0) is 18.5. The average Bonchev–Trinajstić information content (AvgIpc) is 2.37. The SMILES string of the molecule is CC(C[C@H](Cc1ccc(O)cc1)NC(=O)OC(C)(C)C)C(C)(C)C. The van der Waals surface area contributed by atoms with Crippen molar-refractivity contribution in [3.8, 4) is 5.75 Å². The fourth-order valence-corrected chi connectivity index (χ4v) is 2.36. The zero-order valence-corrected chi connectivity index (χ0v) is 16.1. The Morgan fingerprint density at radius 1 is 1.12 bits per heavy atom. The molecular weight excluding hydrogens is 302 g/mol. The number of nitrogens with one attached hydrogen (secondary N) is 1. The fraction of sp³-hybridized carbons (Fsp3) is 0.650. The minimum Gasteiger partial charge on any atom is -0.508 e. The van der Waals surface area contributed by atoms with E-state index >= 15 is 0 Å². The van der Waals surface area contributed by atoms with Gasteiger partial charge in [-0.05, 0) is 62.6 Å². The lowest BCUT2D eigenvalue weighted by Gasteiger charge is -2.31. The Morgan fingerprint density at radius 3 is 2.12 bits per heavy atom. The van der Waals surface area contributed by atoms with Crippen molar-refractivity contribution in [3.63, 3.8) is 0 Å². The van der Waals surface area contributed by atoms with Gasteiger partial charge in [-0.15, -0.1) is 0 Å². The van der Waals surface area contributed by atoms with Gasteiger partial charge >= 0.3 is 6.09 Å². The van der Waals surface area contributed by atoms with E-state index in [0.29, 0.717) is 12.3 Å². The van der Waals surface area contributed by atoms with Crippen molar-refractivity contribution in [2.45, 2.75) is 73.0 Å². The molecule has 0 heterocycles. The van der Waals surface area contributed by atoms with Gasteiger partial charge in [-0.1, -0.05) is 39.8 Å². The van der Waals surface area contributed by atoms with Gasteiger partial charge in [0.2, 0.25) is 0 Å². The van der Waals surface area contributed by atoms with E-state index in [4.69, 9.17) is 4.74 Å². The molecule has 0 fully saturated rings. The van der Waals surface area contributed by atoms with E-state index in [1.165, 1.54) is 0 Å². The molecule has 1 unspecified atom stereocenters. The lowest BCUT2D eigenvalue weighted by atomic mass is 9.78. The first-order valence-electron chi connectivity index (χ1n) is 8.64. The molecule has 0 radical (unpaired) electrons. The van der Waals surface area contributed by atoms with E-state index < -0.39 is 5.60 Å². The highest BCUT2D eigenvalue weighted by Crippen LogP contribution is 2.30. The third kappa shape index (κ3) is 7.71. The zero-order valence-electron chi connectivity index (χ0n) is 16.1. The summed E-state index contributed by atoms with van der Waals surface area (Å²) in [6, 6.07) is 7.11. The highest BCUT2D eigenvalue weighted by Gasteiger charge is 2.26. The van der Waals surface area contributed by atoms with Crippen molar-refractivity contribution < 1.29 is 14.6 Å². The highest BCUT2D eigenvalue weighted by atomic mass is 16.6. The van der Waals surface area contributed by atoms with Gasteiger partial charge in [0.1, 0.15) is 11.4 Å². The summed E-state index contributed by atoms with van der Waals surface area (Å²) in [5.74, 6) is 0.688. The monoisotopic (exact) mass is 335 g/mol. The Kier molecular flexibility index (Phi) is 6.70. The molecule has 0 spiro atoms. The summed E-state index contributed by atoms with van der Waals surface area (Å²) in [4.78, 5) is 12.2. The summed E-state index contributed by atoms with van der Waals surface area (Å²) in [7, 11) is 0. The molecule has 4 nitrogen and oxygen atoms in total. The molecule has 0 aliphatic rings. The molecule has 136 valence electrons. The second-order valence-electron chi connectivity index (χ2n) is 8.72. The maximum atomic E-state index is 12.2. The maximum absolute atomic E-state index is 12.2. The van der Waals surface area contributed by atoms with Crippen LogP contribution in [0.1, 0.15) is 60.5 Å². The molecule has 0 saturated heterocycles. The van der Waals surface area contributed by atoms with Crippen molar-refractivity contribution in [1.82, 2.24) is 5.32 Å². The van der Waals surface area contributed by atoms with Crippen LogP contribution < -0.4 is 5.32 Å². The number of hydrogen-bond acceptors (Lipinski definition) is 3. The molecule has 2 atom stereocenters. The van der Waals surface area contributed by atoms with Crippen LogP contribution >= 0.6 is 0 Å². The standard InChI is InChI=1S/C20H33NO3/c1-14(19(2,3)4)12-16(21-18(23)24-20(5,6)7)13-15-8-10-17(22)11-9-15/h8-11,14,16,22H,12-13H2,1-7H3,(H,21,23)/t14?,16-/m1/s1. The number of aromatic hydroxyl groups is 1. The summed E-state index contributed by atoms with van der Waals surface area (Å²) >= 11 is 0. The van der Waals surface area contributed by atoms with Gasteiger partial charge in [0.15, 0.2) is 0 Å². The third-order valence-electron chi connectivity index (χ3n) is 4.26. The van der Waals surface area contributed by atoms with Crippen molar-refractivity contribution in [2.24, 2.45) is 11.3 Å². The maximum Gasteiger partial charge on any atom is 0.407 e. The van der Waals surface area contributed by atoms with E-state index in [0.717, 1.165) is 12.0 Å². The van der Waals surface area contributed by atoms with E-state index in [1.807, 2.05) is 32.9 Å². The van der Waals surface area contributed by atoms with Crippen molar-refractivity contribution in [3.05, 3.63) is 29.8 Å². The molecule has 0 aliphatic heterocycles. The fourth-order valence-electron chi connectivity index (χ4n) is 2.36. The Labute approximate surface area is 146 Å². The van der Waals surface area contributed by atoms with Crippen molar-refractivity contribution in [2.75, 3.05) is 0 Å². The van der Waals surface area contributed by atoms with Crippen LogP contribution in [0.5, 0.6) is 5.75 Å². The number of alkyl carbamates (subject to hydrolysis) is 1. The van der Waals surface area contributed by atoms with E-state index in [2.05, 4.69) is 33.0 Å². The van der Waals surface area contributed by atoms with Gasteiger partial charge < -0.3 is 15.2 Å². The quantitative estimate of drug-likeness (QED) is 0.804. The normalized spacial score (nSPS) is 14.8. The van der Waals surface area contributed by atoms with Crippen LogP contribution in [0.2, 0.25) is 0 Å². The minimum atomic E-state index is -0.511. The van der Waals surface area contributed by atoms with Crippen LogP contribution in [0.3, 0.4) is 0 Å². The molecule has 2 N–H and O–H groups in total. The Hall–Kier alpha value is -1.71. The van der Waals surface area contributed by atoms with Gasteiger partial charge in [0.05, 0.1) is 0 Å². The number of hydrogen-bond donors (Lipinski definition) is 2. The summed E-state index contributed by atoms with van der Waals surface area (Å²) in [5, 5.41) is 12.4. The number of ether oxygens (including phenoxy) is 1. The second-order valence-corrected chi connectivity index (χ2v) is 8.72. The molecule has 1 rings (SSSR count). The molecule has 1 aromatic carbocycles.